The van der Waals surface area contributed by atoms with Crippen molar-refractivity contribution in [3.8, 4) is 0 Å². The fraction of sp³-hybridized carbons (Fsp3) is 0.462. The van der Waals surface area contributed by atoms with E-state index in [1.54, 1.807) is 41.5 Å². The molecule has 0 fully saturated rings. The highest BCUT2D eigenvalue weighted by molar-refractivity contribution is 8.24. The number of phosphoric ester groups is 1. The van der Waals surface area contributed by atoms with E-state index < -0.39 is 55.3 Å². The Labute approximate surface area is 388 Å². The average molecular weight is 1040 g/mol. The highest BCUT2D eigenvalue weighted by Gasteiger charge is 2.37. The zero-order chi connectivity index (χ0) is 48.1. The lowest BCUT2D eigenvalue weighted by atomic mass is 10.1. The van der Waals surface area contributed by atoms with Crippen molar-refractivity contribution in [1.29, 1.82) is 0 Å². The van der Waals surface area contributed by atoms with Crippen LogP contribution in [0.2, 0.25) is 0 Å². The number of carbonyl (C=O) groups is 3. The van der Waals surface area contributed by atoms with E-state index >= 15 is 0 Å². The fourth-order valence-electron chi connectivity index (χ4n) is 3.91. The molecule has 0 saturated carbocycles. The van der Waals surface area contributed by atoms with Crippen LogP contribution < -0.4 is 0 Å². The maximum absolute atomic E-state index is 13.2. The first kappa shape index (κ1) is 62.1. The monoisotopic (exact) mass is 1030 g/mol. The van der Waals surface area contributed by atoms with Crippen LogP contribution in [0.15, 0.2) is 91.0 Å². The number of phosphoric acid groups is 1. The molecule has 0 saturated heterocycles. The number of rotatable bonds is 17. The predicted molar refractivity (Wildman–Crippen MR) is 243 cm³/mol. The van der Waals surface area contributed by atoms with Crippen LogP contribution in [0.1, 0.15) is 58.2 Å². The van der Waals surface area contributed by atoms with Gasteiger partial charge in [-0.25, -0.2) is 18.9 Å². The Morgan fingerprint density at radius 1 is 0.532 bits per heavy atom. The summed E-state index contributed by atoms with van der Waals surface area (Å²) in [5.74, 6) is -2.39. The van der Waals surface area contributed by atoms with Crippen LogP contribution in [0.5, 0.6) is 0 Å². The van der Waals surface area contributed by atoms with Crippen molar-refractivity contribution in [2.24, 2.45) is 17.8 Å². The summed E-state index contributed by atoms with van der Waals surface area (Å²) in [7, 11) is -0.316. The largest absolute Gasteiger partial charge is 0.476 e. The topological polar surface area (TPSA) is 207 Å². The molecule has 0 unspecified atom stereocenters. The molecule has 62 heavy (non-hydrogen) atoms. The van der Waals surface area contributed by atoms with Gasteiger partial charge in [0.05, 0.1) is 41.2 Å². The number of carbonyl (C=O) groups excluding carboxylic acids is 3. The Kier molecular flexibility index (Phi) is 33.5. The second kappa shape index (κ2) is 33.4. The Morgan fingerprint density at radius 2 is 0.839 bits per heavy atom. The van der Waals surface area contributed by atoms with E-state index in [0.717, 1.165) is 16.7 Å². The highest BCUT2D eigenvalue weighted by Crippen LogP contribution is 2.61. The van der Waals surface area contributed by atoms with E-state index in [4.69, 9.17) is 51.0 Å². The Balaban J connectivity index is 0. The van der Waals surface area contributed by atoms with Crippen molar-refractivity contribution in [2.45, 2.75) is 79.7 Å². The highest BCUT2D eigenvalue weighted by atomic mass is 36.0. The van der Waals surface area contributed by atoms with Gasteiger partial charge < -0.3 is 24.4 Å². The molecule has 0 aliphatic carbocycles. The maximum Gasteiger partial charge on any atom is 0.476 e. The smallest absolute Gasteiger partial charge is 0.467 e. The van der Waals surface area contributed by atoms with Crippen LogP contribution in [0.25, 0.3) is 0 Å². The van der Waals surface area contributed by atoms with Gasteiger partial charge >= 0.3 is 37.0 Å². The number of halogens is 5. The summed E-state index contributed by atoms with van der Waals surface area (Å²) in [5, 5.41) is 14.2. The lowest BCUT2D eigenvalue weighted by molar-refractivity contribution is -0.153. The first-order chi connectivity index (χ1) is 28.7. The number of aliphatic hydroxyl groups excluding tert-OH is 2. The van der Waals surface area contributed by atoms with E-state index in [9.17, 15) is 28.1 Å². The van der Waals surface area contributed by atoms with Gasteiger partial charge in [-0.05, 0) is 90.6 Å². The Hall–Kier alpha value is -2.03. The third-order valence-corrected chi connectivity index (χ3v) is 9.45. The van der Waals surface area contributed by atoms with Gasteiger partial charge in [0.1, 0.15) is 0 Å². The molecule has 0 aliphatic rings. The second-order valence-electron chi connectivity index (χ2n) is 13.2. The van der Waals surface area contributed by atoms with Crippen molar-refractivity contribution < 1.29 is 70.6 Å². The first-order valence-electron chi connectivity index (χ1n) is 18.3. The van der Waals surface area contributed by atoms with Crippen LogP contribution in [-0.2, 0) is 80.2 Å². The van der Waals surface area contributed by atoms with Crippen molar-refractivity contribution >= 4 is 93.2 Å². The number of ether oxygens (including phenoxy) is 3. The Morgan fingerprint density at radius 3 is 1.06 bits per heavy atom. The van der Waals surface area contributed by atoms with Gasteiger partial charge in [0.15, 0.2) is 18.3 Å². The summed E-state index contributed by atoms with van der Waals surface area (Å²) in [6.07, 6.45) is -6.73. The molecular formula is C39H56Cl5O15P3. The third kappa shape index (κ3) is 32.6. The number of benzene rings is 3. The van der Waals surface area contributed by atoms with Gasteiger partial charge in [-0.3, -0.25) is 27.2 Å². The molecule has 0 spiro atoms. The number of aliphatic hydroxyl groups is 2. The summed E-state index contributed by atoms with van der Waals surface area (Å²) in [6.45, 7) is 10.6. The minimum absolute atomic E-state index is 0.0267. The summed E-state index contributed by atoms with van der Waals surface area (Å²) < 4.78 is 68.3. The molecule has 0 amide bonds. The molecule has 3 rings (SSSR count). The van der Waals surface area contributed by atoms with Crippen LogP contribution in [-0.4, -0.2) is 67.8 Å². The summed E-state index contributed by atoms with van der Waals surface area (Å²) in [4.78, 5) is 33.5. The van der Waals surface area contributed by atoms with Crippen molar-refractivity contribution in [1.82, 2.24) is 0 Å². The van der Waals surface area contributed by atoms with E-state index in [0.29, 0.717) is 0 Å². The number of esters is 3. The first-order valence-corrected chi connectivity index (χ1v) is 27.6. The number of methoxy groups -OCH3 is 3. The molecular weight excluding hydrogens is 979 g/mol. The summed E-state index contributed by atoms with van der Waals surface area (Å²) in [5.41, 5.74) is 2.58. The van der Waals surface area contributed by atoms with Gasteiger partial charge in [0.25, 0.3) is 0 Å². The third-order valence-electron chi connectivity index (χ3n) is 7.12. The Bertz CT molecular complexity index is 1760. The minimum Gasteiger partial charge on any atom is -0.467 e. The van der Waals surface area contributed by atoms with E-state index in [1.165, 1.54) is 21.3 Å². The van der Waals surface area contributed by atoms with E-state index in [-0.39, 0.29) is 37.6 Å². The minimum atomic E-state index is -4.03. The van der Waals surface area contributed by atoms with Crippen molar-refractivity contribution in [3.63, 3.8) is 0 Å². The number of hydrogen-bond donors (Lipinski definition) is 2. The van der Waals surface area contributed by atoms with Crippen LogP contribution in [0.4, 0.5) is 0 Å². The molecule has 0 aromatic heterocycles. The van der Waals surface area contributed by atoms with Gasteiger partial charge in [-0.15, -0.1) is 0 Å². The van der Waals surface area contributed by atoms with Gasteiger partial charge in [0, 0.05) is 0 Å². The van der Waals surface area contributed by atoms with Crippen molar-refractivity contribution in [3.05, 3.63) is 108 Å². The lowest BCUT2D eigenvalue weighted by Gasteiger charge is -2.24. The second-order valence-corrected chi connectivity index (χ2v) is 25.7. The summed E-state index contributed by atoms with van der Waals surface area (Å²) in [6, 6.07) is 28.0. The fourth-order valence-corrected chi connectivity index (χ4v) is 6.43. The molecule has 0 bridgehead atoms. The molecule has 2 N–H and O–H groups in total. The molecule has 3 atom stereocenters. The van der Waals surface area contributed by atoms with Crippen LogP contribution in [0, 0.1) is 17.8 Å². The molecule has 15 nitrogen and oxygen atoms in total. The maximum atomic E-state index is 13.2. The molecule has 23 heteroatoms. The van der Waals surface area contributed by atoms with E-state index in [2.05, 4.69) is 47.7 Å². The number of hydrogen-bond acceptors (Lipinski definition) is 15. The van der Waals surface area contributed by atoms with E-state index in [1.807, 2.05) is 91.0 Å². The van der Waals surface area contributed by atoms with Crippen LogP contribution >= 0.6 is 75.3 Å². The van der Waals surface area contributed by atoms with Gasteiger partial charge in [0.2, 0.25) is 0 Å². The average Bonchev–Trinajstić information content (AvgIpc) is 3.23. The normalized spacial score (nSPS) is 12.6. The molecule has 0 aliphatic heterocycles. The zero-order valence-electron chi connectivity index (χ0n) is 35.7. The molecule has 352 valence electrons. The van der Waals surface area contributed by atoms with Crippen molar-refractivity contribution in [2.75, 3.05) is 21.3 Å². The zero-order valence-corrected chi connectivity index (χ0v) is 42.1. The standard InChI is InChI=1S/C20H25O6P.C7H8O.C6H11Cl2O4P.C6H12O3.Cl3OP/c1-16(2)19(20(21)23-3)26-27(22,24-14-17-10-6-4-7-11-17)25-15-18-12-8-5-9-13-18;8-6-7-4-2-1-3-5-7;1-4(2)5(6(9)11-3)12-13(7,8)10;1-4(2)5(7)6(8)9-3;1-5(2,3)4/h4-13,16,19H,14-15H2,1-3H3;1-5,8H,6H2;4-5H,1-3H3;4-5,7H,1-3H3;/t19-;;2*5-;/m0.00./s1. The molecule has 3 aromatic rings. The summed E-state index contributed by atoms with van der Waals surface area (Å²) >= 11 is 24.2. The quantitative estimate of drug-likeness (QED) is 0.0732. The lowest BCUT2D eigenvalue weighted by Crippen LogP contribution is -2.30. The molecule has 3 aromatic carbocycles. The molecule has 0 heterocycles. The van der Waals surface area contributed by atoms with Gasteiger partial charge in [-0.1, -0.05) is 133 Å². The van der Waals surface area contributed by atoms with Crippen LogP contribution in [0.3, 0.4) is 0 Å². The predicted octanol–water partition coefficient (Wildman–Crippen LogP) is 11.7. The molecule has 0 radical (unpaired) electrons. The SMILES string of the molecule is COC(=O)[C@@H](O)C(C)C.COC(=O)[C@@H](OP(=O)(Cl)Cl)C(C)C.COC(=O)[C@@H](OP(=O)(OCc1ccccc1)OCc1ccccc1)C(C)C.O=P(Cl)(Cl)Cl.OCc1ccccc1. The van der Waals surface area contributed by atoms with Gasteiger partial charge in [-0.2, -0.15) is 0 Å².